The first kappa shape index (κ1) is 24.0. The molecule has 1 aromatic carbocycles. The van der Waals surface area contributed by atoms with E-state index in [1.54, 1.807) is 12.3 Å². The second-order valence-corrected chi connectivity index (χ2v) is 8.63. The Labute approximate surface area is 201 Å². The topological polar surface area (TPSA) is 120 Å². The van der Waals surface area contributed by atoms with Gasteiger partial charge in [-0.2, -0.15) is 0 Å². The van der Waals surface area contributed by atoms with Crippen molar-refractivity contribution in [2.24, 2.45) is 0 Å². The first-order valence-corrected chi connectivity index (χ1v) is 11.4. The summed E-state index contributed by atoms with van der Waals surface area (Å²) in [5, 5.41) is 24.7. The van der Waals surface area contributed by atoms with Crippen LogP contribution < -0.4 is 10.6 Å². The number of amides is 1. The summed E-state index contributed by atoms with van der Waals surface area (Å²) in [6, 6.07) is 5.84. The van der Waals surface area contributed by atoms with Gasteiger partial charge in [-0.25, -0.2) is 14.4 Å². The molecule has 2 aromatic heterocycles. The fraction of sp³-hybridized carbons (Fsp3) is 0.333. The molecule has 1 saturated carbocycles. The summed E-state index contributed by atoms with van der Waals surface area (Å²) >= 11 is 6.07. The van der Waals surface area contributed by atoms with E-state index in [1.807, 2.05) is 0 Å². The SMILES string of the molecule is O=C(NCC(O)CO)c1cnccc1Nc1nc(-c2cc(Cl)ccc2F)ncc1C1CCCC1. The minimum Gasteiger partial charge on any atom is -0.394 e. The molecule has 4 rings (SSSR count). The van der Waals surface area contributed by atoms with Crippen LogP contribution in [0.5, 0.6) is 0 Å². The standard InChI is InChI=1S/C24H25ClFN5O3/c25-15-5-6-20(26)17(9-15)22-28-12-18(14-3-1-2-4-14)23(31-22)30-21-7-8-27-11-19(21)24(34)29-10-16(33)13-32/h5-9,11-12,14,16,32-33H,1-4,10,13H2,(H,29,34)(H,27,28,30,31). The van der Waals surface area contributed by atoms with Crippen molar-refractivity contribution < 1.29 is 19.4 Å². The number of pyridine rings is 1. The summed E-state index contributed by atoms with van der Waals surface area (Å²) in [6.45, 7) is -0.574. The quantitative estimate of drug-likeness (QED) is 0.383. The van der Waals surface area contributed by atoms with Crippen molar-refractivity contribution in [3.63, 3.8) is 0 Å². The summed E-state index contributed by atoms with van der Waals surface area (Å²) < 4.78 is 14.5. The van der Waals surface area contributed by atoms with Gasteiger partial charge in [0.05, 0.1) is 29.5 Å². The van der Waals surface area contributed by atoms with Crippen LogP contribution in [-0.4, -0.2) is 50.3 Å². The Kier molecular flexibility index (Phi) is 7.66. The Morgan fingerprint density at radius 2 is 2.03 bits per heavy atom. The fourth-order valence-electron chi connectivity index (χ4n) is 4.01. The fourth-order valence-corrected chi connectivity index (χ4v) is 4.18. The second kappa shape index (κ2) is 10.9. The van der Waals surface area contributed by atoms with Gasteiger partial charge in [-0.1, -0.05) is 24.4 Å². The number of hydrogen-bond acceptors (Lipinski definition) is 7. The smallest absolute Gasteiger partial charge is 0.255 e. The molecule has 178 valence electrons. The van der Waals surface area contributed by atoms with Crippen LogP contribution in [0.2, 0.25) is 5.02 Å². The number of benzene rings is 1. The summed E-state index contributed by atoms with van der Waals surface area (Å²) in [6.07, 6.45) is 7.77. The molecule has 0 aliphatic heterocycles. The van der Waals surface area contributed by atoms with Crippen LogP contribution in [0.1, 0.15) is 47.5 Å². The molecule has 34 heavy (non-hydrogen) atoms. The van der Waals surface area contributed by atoms with E-state index in [1.165, 1.54) is 30.6 Å². The highest BCUT2D eigenvalue weighted by molar-refractivity contribution is 6.30. The minimum atomic E-state index is -1.07. The predicted molar refractivity (Wildman–Crippen MR) is 127 cm³/mol. The molecular formula is C24H25ClFN5O3. The van der Waals surface area contributed by atoms with Crippen LogP contribution in [0, 0.1) is 5.82 Å². The van der Waals surface area contributed by atoms with Gasteiger partial charge < -0.3 is 20.8 Å². The second-order valence-electron chi connectivity index (χ2n) is 8.20. The molecule has 0 radical (unpaired) electrons. The normalized spacial score (nSPS) is 14.7. The van der Waals surface area contributed by atoms with E-state index in [0.29, 0.717) is 16.5 Å². The summed E-state index contributed by atoms with van der Waals surface area (Å²) in [4.78, 5) is 25.8. The Balaban J connectivity index is 1.70. The van der Waals surface area contributed by atoms with E-state index in [-0.39, 0.29) is 29.4 Å². The molecule has 3 aromatic rings. The Morgan fingerprint density at radius 3 is 2.79 bits per heavy atom. The third kappa shape index (κ3) is 5.49. The number of hydrogen-bond donors (Lipinski definition) is 4. The van der Waals surface area contributed by atoms with E-state index in [4.69, 9.17) is 16.7 Å². The lowest BCUT2D eigenvalue weighted by atomic mass is 9.99. The number of aliphatic hydroxyl groups excluding tert-OH is 2. The molecule has 4 N–H and O–H groups in total. The number of halogens is 2. The molecule has 0 bridgehead atoms. The molecular weight excluding hydrogens is 461 g/mol. The van der Waals surface area contributed by atoms with E-state index in [9.17, 15) is 14.3 Å². The zero-order valence-corrected chi connectivity index (χ0v) is 19.1. The van der Waals surface area contributed by atoms with Gasteiger partial charge >= 0.3 is 0 Å². The van der Waals surface area contributed by atoms with Gasteiger partial charge in [-0.3, -0.25) is 9.78 Å². The number of nitrogens with one attached hydrogen (secondary N) is 2. The van der Waals surface area contributed by atoms with Crippen molar-refractivity contribution in [2.45, 2.75) is 37.7 Å². The molecule has 1 fully saturated rings. The lowest BCUT2D eigenvalue weighted by Gasteiger charge is -2.18. The van der Waals surface area contributed by atoms with Gasteiger partial charge in [-0.15, -0.1) is 0 Å². The highest BCUT2D eigenvalue weighted by Gasteiger charge is 2.24. The van der Waals surface area contributed by atoms with Gasteiger partial charge in [0.2, 0.25) is 0 Å². The zero-order valence-electron chi connectivity index (χ0n) is 18.3. The number of rotatable bonds is 8. The van der Waals surface area contributed by atoms with Crippen molar-refractivity contribution in [1.82, 2.24) is 20.3 Å². The van der Waals surface area contributed by atoms with Crippen LogP contribution in [0.4, 0.5) is 15.9 Å². The van der Waals surface area contributed by atoms with Crippen molar-refractivity contribution >= 4 is 29.0 Å². The Bertz CT molecular complexity index is 1170. The summed E-state index contributed by atoms with van der Waals surface area (Å²) in [7, 11) is 0. The average Bonchev–Trinajstić information content (AvgIpc) is 3.39. The van der Waals surface area contributed by atoms with Gasteiger partial charge in [0.25, 0.3) is 5.91 Å². The third-order valence-corrected chi connectivity index (χ3v) is 6.04. The van der Waals surface area contributed by atoms with Crippen LogP contribution in [0.3, 0.4) is 0 Å². The molecule has 8 nitrogen and oxygen atoms in total. The molecule has 1 aliphatic rings. The van der Waals surface area contributed by atoms with Crippen LogP contribution >= 0.6 is 11.6 Å². The molecule has 2 heterocycles. The largest absolute Gasteiger partial charge is 0.394 e. The van der Waals surface area contributed by atoms with E-state index >= 15 is 0 Å². The molecule has 1 unspecified atom stereocenters. The van der Waals surface area contributed by atoms with E-state index < -0.39 is 24.4 Å². The predicted octanol–water partition coefficient (Wildman–Crippen LogP) is 3.82. The van der Waals surface area contributed by atoms with E-state index in [0.717, 1.165) is 31.2 Å². The number of aromatic nitrogens is 3. The van der Waals surface area contributed by atoms with Gasteiger partial charge in [0.15, 0.2) is 5.82 Å². The van der Waals surface area contributed by atoms with Crippen molar-refractivity contribution in [3.8, 4) is 11.4 Å². The number of carbonyl (C=O) groups excluding carboxylic acids is 1. The monoisotopic (exact) mass is 485 g/mol. The molecule has 1 aliphatic carbocycles. The molecule has 1 atom stereocenters. The van der Waals surface area contributed by atoms with Crippen molar-refractivity contribution in [1.29, 1.82) is 0 Å². The van der Waals surface area contributed by atoms with E-state index in [2.05, 4.69) is 25.6 Å². The number of nitrogens with zero attached hydrogens (tertiary/aromatic N) is 3. The molecule has 1 amide bonds. The molecule has 0 spiro atoms. The van der Waals surface area contributed by atoms with Gasteiger partial charge in [0.1, 0.15) is 11.6 Å². The maximum absolute atomic E-state index is 14.5. The van der Waals surface area contributed by atoms with Gasteiger partial charge in [0, 0.05) is 35.7 Å². The number of carbonyl (C=O) groups is 1. The summed E-state index contributed by atoms with van der Waals surface area (Å²) in [5.41, 5.74) is 1.75. The van der Waals surface area contributed by atoms with Crippen molar-refractivity contribution in [2.75, 3.05) is 18.5 Å². The zero-order chi connectivity index (χ0) is 24.1. The van der Waals surface area contributed by atoms with Crippen molar-refractivity contribution in [3.05, 3.63) is 64.8 Å². The summed E-state index contributed by atoms with van der Waals surface area (Å²) in [5.74, 6) is -0.0575. The Morgan fingerprint density at radius 1 is 1.24 bits per heavy atom. The highest BCUT2D eigenvalue weighted by Crippen LogP contribution is 2.38. The van der Waals surface area contributed by atoms with Crippen LogP contribution in [0.15, 0.2) is 42.9 Å². The van der Waals surface area contributed by atoms with Crippen LogP contribution in [-0.2, 0) is 0 Å². The highest BCUT2D eigenvalue weighted by atomic mass is 35.5. The number of anilines is 2. The average molecular weight is 486 g/mol. The lowest BCUT2D eigenvalue weighted by Crippen LogP contribution is -2.34. The van der Waals surface area contributed by atoms with Gasteiger partial charge in [-0.05, 0) is 43.0 Å². The first-order chi connectivity index (χ1) is 16.5. The maximum atomic E-state index is 14.5. The molecule has 10 heteroatoms. The number of aliphatic hydroxyl groups is 2. The Hall–Kier alpha value is -3.14. The lowest BCUT2D eigenvalue weighted by molar-refractivity contribution is 0.0802. The third-order valence-electron chi connectivity index (χ3n) is 5.81. The van der Waals surface area contributed by atoms with Crippen LogP contribution in [0.25, 0.3) is 11.4 Å². The first-order valence-electron chi connectivity index (χ1n) is 11.1. The minimum absolute atomic E-state index is 0.108. The maximum Gasteiger partial charge on any atom is 0.255 e. The molecule has 0 saturated heterocycles.